The molecule has 126 heavy (non-hydrogen) atoms. The molecule has 0 radical (unpaired) electrons. The third-order valence-corrected chi connectivity index (χ3v) is 16.4. The molecule has 700 valence electrons. The first kappa shape index (κ1) is 118. The number of hydrogen-bond donors (Lipinski definition) is 7. The number of likely N-dealkylation sites (tertiary alicyclic amines) is 5. The third kappa shape index (κ3) is 52.3. The number of carbonyl (C=O) groups is 5. The minimum Gasteiger partial charge on any atom is -1.00 e. The van der Waals surface area contributed by atoms with Crippen molar-refractivity contribution in [3.8, 4) is 17.2 Å². The molecule has 0 bridgehead atoms. The fourth-order valence-electron chi connectivity index (χ4n) is 9.63. The summed E-state index contributed by atoms with van der Waals surface area (Å²) in [4.78, 5) is 89.0. The van der Waals surface area contributed by atoms with Gasteiger partial charge in [0.25, 0.3) is 0 Å². The number of aliphatic hydroxyl groups is 3. The molecule has 11 heterocycles. The Labute approximate surface area is 790 Å². The molecule has 14 rings (SSSR count). The molecular weight excluding hydrogens is 1760 g/mol. The number of nitrogens with one attached hydrogen (secondary N) is 3. The van der Waals surface area contributed by atoms with Crippen molar-refractivity contribution in [2.45, 2.75) is 194 Å². The number of β-amino-alcohol motifs (C(OH)–C–C–N with tert-alkyl or cyclic N) is 3. The van der Waals surface area contributed by atoms with E-state index in [4.69, 9.17) is 74.7 Å². The first-order valence-electron chi connectivity index (χ1n) is 39.6. The molecule has 7 fully saturated rings. The average molecular weight is 1890 g/mol. The molecule has 0 unspecified atom stereocenters. The zero-order valence-corrected chi connectivity index (χ0v) is 80.4. The maximum atomic E-state index is 12.7. The fourth-order valence-corrected chi connectivity index (χ4v) is 9.81. The number of carbonyl (C=O) groups excluding carboxylic acids is 5. The van der Waals surface area contributed by atoms with Crippen molar-refractivity contribution in [1.82, 2.24) is 55.1 Å². The molecule has 3 aromatic carbocycles. The van der Waals surface area contributed by atoms with Gasteiger partial charge in [-0.05, 0) is 193 Å². The maximum absolute atomic E-state index is 12.7. The summed E-state index contributed by atoms with van der Waals surface area (Å²) in [6.45, 7) is 36.9. The number of pyridine rings is 4. The van der Waals surface area contributed by atoms with Crippen LogP contribution < -0.4 is 55.1 Å². The van der Waals surface area contributed by atoms with E-state index in [0.29, 0.717) is 96.7 Å². The van der Waals surface area contributed by atoms with Gasteiger partial charge < -0.3 is 105 Å². The molecule has 7 N–H and O–H groups in total. The van der Waals surface area contributed by atoms with E-state index in [1.54, 1.807) is 114 Å². The zero-order chi connectivity index (χ0) is 89.5. The summed E-state index contributed by atoms with van der Waals surface area (Å²) in [5, 5.41) is 41.6. The van der Waals surface area contributed by atoms with Crippen LogP contribution in [0.2, 0.25) is 0 Å². The fraction of sp³-hybridized carbons (Fsp3) is 0.506. The van der Waals surface area contributed by atoms with Gasteiger partial charge in [0.2, 0.25) is 0 Å². The number of alkyl halides is 1. The number of H-pyrrole nitrogens is 1. The van der Waals surface area contributed by atoms with Gasteiger partial charge in [0.05, 0.1) is 115 Å². The second-order valence-corrected chi connectivity index (χ2v) is 33.6. The van der Waals surface area contributed by atoms with Crippen LogP contribution in [0.1, 0.15) is 122 Å². The summed E-state index contributed by atoms with van der Waals surface area (Å²) >= 11 is 5.46. The number of benzene rings is 3. The Hall–Kier alpha value is -8.23. The van der Waals surface area contributed by atoms with Crippen LogP contribution in [0.4, 0.5) is 37.1 Å². The molecule has 7 saturated heterocycles. The molecule has 5 amide bonds. The second-order valence-electron chi connectivity index (χ2n) is 33.4. The topological polar surface area (TPSA) is 361 Å². The summed E-state index contributed by atoms with van der Waals surface area (Å²) < 4.78 is 85.5. The molecule has 0 spiro atoms. The van der Waals surface area contributed by atoms with Gasteiger partial charge in [-0.25, -0.2) is 37.1 Å². The van der Waals surface area contributed by atoms with Gasteiger partial charge in [-0.1, -0.05) is 36.4 Å². The van der Waals surface area contributed by atoms with Crippen molar-refractivity contribution >= 4 is 91.7 Å². The zero-order valence-electron chi connectivity index (χ0n) is 75.4. The molecule has 39 heteroatoms. The summed E-state index contributed by atoms with van der Waals surface area (Å²) in [6.07, 6.45) is 11.1. The van der Waals surface area contributed by atoms with Crippen LogP contribution in [-0.2, 0) is 52.3 Å². The Bertz CT molecular complexity index is 4090. The Morgan fingerprint density at radius 3 is 0.929 bits per heavy atom. The normalized spacial score (nSPS) is 15.1. The van der Waals surface area contributed by atoms with Crippen LogP contribution in [0.15, 0.2) is 176 Å². The molecule has 30 nitrogen and oxygen atoms in total. The van der Waals surface area contributed by atoms with Crippen molar-refractivity contribution in [3.63, 3.8) is 0 Å². The van der Waals surface area contributed by atoms with Gasteiger partial charge in [-0.3, -0.25) is 19.7 Å². The van der Waals surface area contributed by atoms with Gasteiger partial charge in [0, 0.05) is 87.6 Å². The standard InChI is InChI=1S/C15H20FNO3.C13H18N2O3.C10H12FNO.C8H10N2O.3C8H15NO3.C7H6ClF.2C5H5NO.4ClH.Na.H/c1-15(2,3)20-14(18)17-8-13(9-17)19-10-11-4-6-12(16)7-5-11;1-13(2,3)18-12(16)15-8-11(9-15)17-10-4-6-14-7-5-10;11-9-3-1-8(2-4-9)7-13-10-5-12-6-10;1-3-9-4-2-7(1)11-8-5-10-6-8;3*1-8(2,3)12-7(11)9-4-6(10)5-9;8-5-6-1-3-7(9)4-2-6;7-5-1-3-6-4-2-5;7-5-2-1-3-6-4-5;;;;;;/h4-7,13H,8-10H2,1-3H3;4-7,11H,8-9H2,1-3H3;1-4,10,12H,5-7H2;1-4,8,10H,5-6H2;3*6,10H,4-5H2,1-3H3;1-4H,5H2;1-4H,(H,6,7);1-4,7H;4*1H;;/q;;;;;;;;;;;;;;+1;-1. The maximum Gasteiger partial charge on any atom is 1.00 e. The number of amides is 5. The SMILES string of the molecule is CC(C)(C)OC(=O)N1CC(O)C1.CC(C)(C)OC(=O)N1CC(O)C1.CC(C)(C)OC(=O)N1CC(O)C1.CC(C)(C)OC(=O)N1CC(OCc2ccc(F)cc2)C1.CC(C)(C)OC(=O)N1CC(Oc2ccncc2)C1.Cl.Cl.Cl.Cl.Fc1ccc(CCl)cc1.Fc1ccc(COC2CNC2)cc1.O=c1cc[nH]cc1.Oc1cccnc1.[H-].[Na+].c1cc(OC2CNC2)ccn1. The molecule has 7 aliphatic heterocycles. The number of halogens is 8. The average Bonchev–Trinajstić information content (AvgIpc) is 0.848. The largest absolute Gasteiger partial charge is 1.00 e. The molecule has 0 saturated carbocycles. The Morgan fingerprint density at radius 1 is 0.405 bits per heavy atom. The number of rotatable bonds is 11. The molecule has 7 aromatic rings. The number of hydrogen-bond acceptors (Lipinski definition) is 24. The summed E-state index contributed by atoms with van der Waals surface area (Å²) in [7, 11) is 0. The van der Waals surface area contributed by atoms with E-state index in [0.717, 1.165) is 54.4 Å². The van der Waals surface area contributed by atoms with Gasteiger partial charge >= 0.3 is 60.0 Å². The molecule has 0 aliphatic carbocycles. The summed E-state index contributed by atoms with van der Waals surface area (Å²) in [6, 6.07) is 32.3. The number of ether oxygens (including phenoxy) is 9. The summed E-state index contributed by atoms with van der Waals surface area (Å²) in [5.41, 5.74) is 0.658. The van der Waals surface area contributed by atoms with Gasteiger partial charge in [-0.2, -0.15) is 0 Å². The van der Waals surface area contributed by atoms with Crippen LogP contribution >= 0.6 is 61.2 Å². The number of aromatic amines is 1. The Kier molecular flexibility index (Phi) is 55.2. The van der Waals surface area contributed by atoms with E-state index >= 15 is 0 Å². The minimum absolute atomic E-state index is 0. The van der Waals surface area contributed by atoms with E-state index < -0.39 is 28.0 Å². The monoisotopic (exact) mass is 1880 g/mol. The van der Waals surface area contributed by atoms with E-state index in [2.05, 4.69) is 30.6 Å². The Balaban J connectivity index is 0. The number of aromatic hydroxyl groups is 1. The quantitative estimate of drug-likeness (QED) is 0.0359. The van der Waals surface area contributed by atoms with Crippen molar-refractivity contribution in [2.24, 2.45) is 0 Å². The van der Waals surface area contributed by atoms with E-state index in [1.165, 1.54) is 69.4 Å². The van der Waals surface area contributed by atoms with E-state index in [9.17, 15) is 41.9 Å². The Morgan fingerprint density at radius 2 is 0.690 bits per heavy atom. The van der Waals surface area contributed by atoms with E-state index in [-0.39, 0.29) is 170 Å². The molecule has 4 aromatic heterocycles. The van der Waals surface area contributed by atoms with Crippen LogP contribution in [0.3, 0.4) is 0 Å². The second kappa shape index (κ2) is 59.1. The van der Waals surface area contributed by atoms with E-state index in [1.807, 2.05) is 116 Å². The number of aromatic nitrogens is 4. The predicted octanol–water partition coefficient (Wildman–Crippen LogP) is 11.1. The van der Waals surface area contributed by atoms with Gasteiger partial charge in [0.15, 0.2) is 5.43 Å². The van der Waals surface area contributed by atoms with Gasteiger partial charge in [-0.15, -0.1) is 61.2 Å². The van der Waals surface area contributed by atoms with Crippen LogP contribution in [0.25, 0.3) is 0 Å². The number of aliphatic hydroxyl groups excluding tert-OH is 3. The first-order valence-corrected chi connectivity index (χ1v) is 40.1. The first-order chi connectivity index (χ1) is 56.8. The third-order valence-electron chi connectivity index (χ3n) is 16.1. The van der Waals surface area contributed by atoms with Crippen molar-refractivity contribution in [2.75, 3.05) is 91.6 Å². The summed E-state index contributed by atoms with van der Waals surface area (Å²) in [5.74, 6) is 1.67. The van der Waals surface area contributed by atoms with Crippen molar-refractivity contribution in [1.29, 1.82) is 0 Å². The van der Waals surface area contributed by atoms with Crippen molar-refractivity contribution < 1.29 is 131 Å². The van der Waals surface area contributed by atoms with Crippen LogP contribution in [-0.4, -0.2) is 258 Å². The van der Waals surface area contributed by atoms with Crippen LogP contribution in [0, 0.1) is 17.5 Å². The smallest absolute Gasteiger partial charge is 1.00 e. The van der Waals surface area contributed by atoms with Crippen molar-refractivity contribution in [3.05, 3.63) is 215 Å². The van der Waals surface area contributed by atoms with Crippen LogP contribution in [0.5, 0.6) is 17.2 Å². The number of nitrogens with zero attached hydrogens (tertiary/aromatic N) is 8. The minimum atomic E-state index is -0.475. The van der Waals surface area contributed by atoms with Gasteiger partial charge in [0.1, 0.15) is 74.9 Å². The molecule has 7 aliphatic rings. The molecule has 0 atom stereocenters. The molecular formula is C87H126Cl5F3N11NaO19. The predicted molar refractivity (Wildman–Crippen MR) is 479 cm³/mol.